The summed E-state index contributed by atoms with van der Waals surface area (Å²) >= 11 is 5.34. The Balaban J connectivity index is 2.00. The molecule has 0 bridgehead atoms. The minimum Gasteiger partial charge on any atom is -0.297 e. The molecule has 0 aliphatic heterocycles. The van der Waals surface area contributed by atoms with E-state index < -0.39 is 0 Å². The second kappa shape index (κ2) is 4.69. The average molecular weight is 262 g/mol. The maximum absolute atomic E-state index is 13.2. The first kappa shape index (κ1) is 11.7. The lowest BCUT2D eigenvalue weighted by Gasteiger charge is -2.07. The first-order chi connectivity index (χ1) is 8.74. The summed E-state index contributed by atoms with van der Waals surface area (Å²) in [4.78, 5) is 0. The van der Waals surface area contributed by atoms with E-state index in [0.717, 1.165) is 5.69 Å². The molecule has 1 fully saturated rings. The molecular weight excluding hydrogens is 247 g/mol. The molecule has 2 aromatic rings. The van der Waals surface area contributed by atoms with Crippen LogP contribution in [0.25, 0.3) is 5.69 Å². The number of aromatic nitrogens is 2. The molecule has 0 atom stereocenters. The van der Waals surface area contributed by atoms with Crippen molar-refractivity contribution in [1.82, 2.24) is 9.78 Å². The molecule has 2 nitrogen and oxygen atoms in total. The average Bonchev–Trinajstić information content (AvgIpc) is 2.97. The summed E-state index contributed by atoms with van der Waals surface area (Å²) in [6.45, 7) is 0. The van der Waals surface area contributed by atoms with E-state index in [-0.39, 0.29) is 5.82 Å². The molecule has 4 heteroatoms. The van der Waals surface area contributed by atoms with Gasteiger partial charge < -0.3 is 0 Å². The van der Waals surface area contributed by atoms with Crippen molar-refractivity contribution in [3.63, 3.8) is 0 Å². The predicted molar refractivity (Wildman–Crippen MR) is 72.1 cm³/mol. The largest absolute Gasteiger partial charge is 0.297 e. The second-order valence-corrected chi connectivity index (χ2v) is 5.26. The molecule has 1 aliphatic rings. The van der Waals surface area contributed by atoms with Crippen molar-refractivity contribution in [2.24, 2.45) is 0 Å². The van der Waals surface area contributed by atoms with Gasteiger partial charge in [0.15, 0.2) is 0 Å². The first-order valence-corrected chi connectivity index (χ1v) is 6.73. The maximum atomic E-state index is 13.2. The van der Waals surface area contributed by atoms with Gasteiger partial charge in [0.2, 0.25) is 0 Å². The van der Waals surface area contributed by atoms with Crippen LogP contribution in [0.1, 0.15) is 37.3 Å². The van der Waals surface area contributed by atoms with Gasteiger partial charge in [-0.3, -0.25) is 5.10 Å². The summed E-state index contributed by atoms with van der Waals surface area (Å²) in [5.74, 6) is 0.341. The number of benzene rings is 1. The van der Waals surface area contributed by atoms with Gasteiger partial charge in [-0.05, 0) is 37.1 Å². The molecule has 1 heterocycles. The molecule has 0 spiro atoms. The number of halogens is 1. The van der Waals surface area contributed by atoms with Crippen LogP contribution in [0.2, 0.25) is 0 Å². The second-order valence-electron chi connectivity index (χ2n) is 4.85. The number of hydrogen-bond donors (Lipinski definition) is 1. The fourth-order valence-electron chi connectivity index (χ4n) is 2.67. The molecule has 94 valence electrons. The van der Waals surface area contributed by atoms with Crippen molar-refractivity contribution in [1.29, 1.82) is 0 Å². The lowest BCUT2D eigenvalue weighted by atomic mass is 10.1. The molecule has 3 rings (SSSR count). The maximum Gasteiger partial charge on any atom is 0.127 e. The predicted octanol–water partition coefficient (Wildman–Crippen LogP) is 4.33. The minimum atomic E-state index is -0.244. The van der Waals surface area contributed by atoms with Gasteiger partial charge in [-0.2, -0.15) is 0 Å². The topological polar surface area (TPSA) is 20.7 Å². The summed E-state index contributed by atoms with van der Waals surface area (Å²) in [7, 11) is 0. The van der Waals surface area contributed by atoms with Crippen molar-refractivity contribution in [3.8, 4) is 5.69 Å². The van der Waals surface area contributed by atoms with Crippen molar-refractivity contribution in [2.45, 2.75) is 31.6 Å². The van der Waals surface area contributed by atoms with Crippen LogP contribution in [0.3, 0.4) is 0 Å². The lowest BCUT2D eigenvalue weighted by molar-refractivity contribution is 0.624. The fourth-order valence-corrected chi connectivity index (χ4v) is 2.95. The highest BCUT2D eigenvalue weighted by atomic mass is 32.1. The summed E-state index contributed by atoms with van der Waals surface area (Å²) in [5.41, 5.74) is 1.94. The zero-order chi connectivity index (χ0) is 12.5. The van der Waals surface area contributed by atoms with Crippen LogP contribution in [0.4, 0.5) is 4.39 Å². The van der Waals surface area contributed by atoms with Gasteiger partial charge in [0.1, 0.15) is 10.5 Å². The minimum absolute atomic E-state index is 0.244. The van der Waals surface area contributed by atoms with E-state index in [0.29, 0.717) is 10.6 Å². The fraction of sp³-hybridized carbons (Fsp3) is 0.357. The summed E-state index contributed by atoms with van der Waals surface area (Å²) in [6, 6.07) is 8.49. The van der Waals surface area contributed by atoms with E-state index in [1.807, 2.05) is 12.1 Å². The number of nitrogens with one attached hydrogen (secondary N) is 1. The third-order valence-electron chi connectivity index (χ3n) is 3.60. The highest BCUT2D eigenvalue weighted by molar-refractivity contribution is 7.71. The number of rotatable bonds is 2. The van der Waals surface area contributed by atoms with E-state index in [4.69, 9.17) is 12.2 Å². The van der Waals surface area contributed by atoms with Crippen LogP contribution < -0.4 is 0 Å². The zero-order valence-electron chi connectivity index (χ0n) is 10.0. The lowest BCUT2D eigenvalue weighted by Crippen LogP contribution is -1.99. The molecular formula is C14H15FN2S. The molecule has 1 aromatic carbocycles. The summed E-state index contributed by atoms with van der Waals surface area (Å²) in [5, 5.41) is 3.31. The third kappa shape index (κ3) is 2.12. The Kier molecular flexibility index (Phi) is 3.04. The summed E-state index contributed by atoms with van der Waals surface area (Å²) < 4.78 is 15.7. The van der Waals surface area contributed by atoms with Gasteiger partial charge in [0, 0.05) is 11.6 Å². The monoisotopic (exact) mass is 262 g/mol. The molecule has 1 saturated carbocycles. The summed E-state index contributed by atoms with van der Waals surface area (Å²) in [6.07, 6.45) is 5.02. The van der Waals surface area contributed by atoms with Gasteiger partial charge in [-0.1, -0.05) is 31.1 Å². The van der Waals surface area contributed by atoms with Crippen molar-refractivity contribution in [3.05, 3.63) is 46.5 Å². The van der Waals surface area contributed by atoms with E-state index in [1.54, 1.807) is 10.7 Å². The van der Waals surface area contributed by atoms with Crippen LogP contribution in [-0.2, 0) is 0 Å². The van der Waals surface area contributed by atoms with E-state index >= 15 is 0 Å². The van der Waals surface area contributed by atoms with Gasteiger partial charge in [-0.15, -0.1) is 0 Å². The first-order valence-electron chi connectivity index (χ1n) is 6.32. The Morgan fingerprint density at radius 1 is 1.22 bits per heavy atom. The number of nitrogens with zero attached hydrogens (tertiary/aromatic N) is 1. The van der Waals surface area contributed by atoms with Crippen LogP contribution in [0.5, 0.6) is 0 Å². The number of hydrogen-bond acceptors (Lipinski definition) is 1. The molecule has 1 aromatic heterocycles. The molecule has 0 amide bonds. The van der Waals surface area contributed by atoms with Gasteiger partial charge in [-0.25, -0.2) is 9.07 Å². The van der Waals surface area contributed by atoms with Crippen LogP contribution >= 0.6 is 12.2 Å². The molecule has 0 unspecified atom stereocenters. The zero-order valence-corrected chi connectivity index (χ0v) is 10.8. The smallest absolute Gasteiger partial charge is 0.127 e. The van der Waals surface area contributed by atoms with E-state index in [2.05, 4.69) is 5.10 Å². The van der Waals surface area contributed by atoms with E-state index in [1.165, 1.54) is 43.5 Å². The molecule has 1 N–H and O–H groups in total. The van der Waals surface area contributed by atoms with E-state index in [9.17, 15) is 4.39 Å². The third-order valence-corrected chi connectivity index (χ3v) is 3.90. The number of aromatic amines is 1. The van der Waals surface area contributed by atoms with Gasteiger partial charge in [0.25, 0.3) is 0 Å². The molecule has 0 saturated heterocycles. The highest BCUT2D eigenvalue weighted by Crippen LogP contribution is 2.33. The van der Waals surface area contributed by atoms with Crippen LogP contribution in [0, 0.1) is 10.5 Å². The van der Waals surface area contributed by atoms with Crippen molar-refractivity contribution >= 4 is 12.2 Å². The molecule has 1 aliphatic carbocycles. The Hall–Kier alpha value is -1.42. The quantitative estimate of drug-likeness (QED) is 0.799. The Labute approximate surface area is 110 Å². The van der Waals surface area contributed by atoms with Crippen LogP contribution in [0.15, 0.2) is 30.3 Å². The SMILES string of the molecule is Fc1cccc(-n2[nH]c(C3CCCC3)cc2=S)c1. The van der Waals surface area contributed by atoms with Gasteiger partial charge in [0.05, 0.1) is 5.69 Å². The Morgan fingerprint density at radius 2 is 2.00 bits per heavy atom. The molecule has 18 heavy (non-hydrogen) atoms. The molecule has 0 radical (unpaired) electrons. The van der Waals surface area contributed by atoms with Crippen LogP contribution in [-0.4, -0.2) is 9.78 Å². The van der Waals surface area contributed by atoms with Crippen molar-refractivity contribution in [2.75, 3.05) is 0 Å². The Morgan fingerprint density at radius 3 is 2.72 bits per heavy atom. The van der Waals surface area contributed by atoms with Gasteiger partial charge >= 0.3 is 0 Å². The number of H-pyrrole nitrogens is 1. The normalized spacial score (nSPS) is 16.3. The highest BCUT2D eigenvalue weighted by Gasteiger charge is 2.19. The Bertz CT molecular complexity index is 608. The standard InChI is InChI=1S/C14H15FN2S/c15-11-6-3-7-12(8-11)17-14(18)9-13(16-17)10-4-1-2-5-10/h3,6-10,16H,1-2,4-5H2. The van der Waals surface area contributed by atoms with Crippen molar-refractivity contribution < 1.29 is 4.39 Å².